The Kier molecular flexibility index (Phi) is 7.29. The molecular weight excluding hydrogens is 313 g/mol. The van der Waals surface area contributed by atoms with Crippen LogP contribution in [-0.4, -0.2) is 29.8 Å². The summed E-state index contributed by atoms with van der Waals surface area (Å²) in [6, 6.07) is 4.54. The lowest BCUT2D eigenvalue weighted by Gasteiger charge is -2.21. The molecule has 4 nitrogen and oxygen atoms in total. The molecule has 0 aliphatic rings. The van der Waals surface area contributed by atoms with E-state index in [4.69, 9.17) is 27.9 Å². The molecule has 0 radical (unpaired) electrons. The van der Waals surface area contributed by atoms with Crippen LogP contribution < -0.4 is 10.1 Å². The van der Waals surface area contributed by atoms with Crippen molar-refractivity contribution in [1.82, 2.24) is 5.32 Å². The summed E-state index contributed by atoms with van der Waals surface area (Å²) < 4.78 is 5.53. The number of aliphatic hydroxyl groups is 1. The summed E-state index contributed by atoms with van der Waals surface area (Å²) in [5, 5.41) is 12.9. The highest BCUT2D eigenvalue weighted by molar-refractivity contribution is 6.35. The van der Waals surface area contributed by atoms with Crippen LogP contribution in [0, 0.1) is 5.92 Å². The second-order valence-corrected chi connectivity index (χ2v) is 6.20. The van der Waals surface area contributed by atoms with E-state index < -0.39 is 6.10 Å². The number of hydrogen-bond donors (Lipinski definition) is 2. The molecule has 2 unspecified atom stereocenters. The molecule has 0 fully saturated rings. The first-order valence-electron chi connectivity index (χ1n) is 6.86. The van der Waals surface area contributed by atoms with E-state index >= 15 is 0 Å². The Hall–Kier alpha value is -0.970. The summed E-state index contributed by atoms with van der Waals surface area (Å²) >= 11 is 11.8. The molecule has 0 aliphatic heterocycles. The Morgan fingerprint density at radius 1 is 1.33 bits per heavy atom. The Morgan fingerprint density at radius 3 is 2.52 bits per heavy atom. The minimum atomic E-state index is -0.718. The van der Waals surface area contributed by atoms with Gasteiger partial charge in [-0.3, -0.25) is 4.79 Å². The number of aliphatic hydroxyl groups excluding tert-OH is 1. The van der Waals surface area contributed by atoms with Crippen molar-refractivity contribution in [3.63, 3.8) is 0 Å². The molecule has 2 N–H and O–H groups in total. The summed E-state index contributed by atoms with van der Waals surface area (Å²) in [5.74, 6) is 0.484. The number of hydrogen-bond acceptors (Lipinski definition) is 3. The lowest BCUT2D eigenvalue weighted by Crippen LogP contribution is -2.44. The molecule has 1 aromatic carbocycles. The molecule has 1 amide bonds. The third-order valence-corrected chi connectivity index (χ3v) is 3.42. The lowest BCUT2D eigenvalue weighted by molar-refractivity contribution is -0.128. The summed E-state index contributed by atoms with van der Waals surface area (Å²) in [4.78, 5) is 12.1. The van der Waals surface area contributed by atoms with Crippen molar-refractivity contribution in [2.24, 2.45) is 5.92 Å². The highest BCUT2D eigenvalue weighted by Gasteiger charge is 2.20. The molecule has 6 heteroatoms. The second kappa shape index (κ2) is 8.47. The van der Waals surface area contributed by atoms with Crippen molar-refractivity contribution in [2.75, 3.05) is 6.61 Å². The van der Waals surface area contributed by atoms with Crippen molar-refractivity contribution in [2.45, 2.75) is 39.3 Å². The minimum Gasteiger partial charge on any atom is -0.479 e. The van der Waals surface area contributed by atoms with Gasteiger partial charge >= 0.3 is 0 Å². The van der Waals surface area contributed by atoms with Crippen LogP contribution >= 0.6 is 23.2 Å². The normalized spacial score (nSPS) is 13.9. The third kappa shape index (κ3) is 6.12. The molecule has 0 saturated carbocycles. The zero-order valence-electron chi connectivity index (χ0n) is 12.4. The maximum Gasteiger partial charge on any atom is 0.261 e. The number of amides is 1. The van der Waals surface area contributed by atoms with E-state index in [0.717, 1.165) is 0 Å². The number of halogens is 2. The Balaban J connectivity index is 2.61. The van der Waals surface area contributed by atoms with Crippen LogP contribution in [0.2, 0.25) is 10.0 Å². The molecule has 118 valence electrons. The first-order chi connectivity index (χ1) is 9.83. The lowest BCUT2D eigenvalue weighted by atomic mass is 10.0. The van der Waals surface area contributed by atoms with E-state index in [2.05, 4.69) is 5.32 Å². The fourth-order valence-electron chi connectivity index (χ4n) is 1.88. The number of ether oxygens (including phenoxy) is 1. The van der Waals surface area contributed by atoms with Gasteiger partial charge in [0.25, 0.3) is 5.91 Å². The van der Waals surface area contributed by atoms with Gasteiger partial charge in [-0.05, 0) is 37.5 Å². The van der Waals surface area contributed by atoms with Gasteiger partial charge in [-0.2, -0.15) is 0 Å². The molecule has 21 heavy (non-hydrogen) atoms. The largest absolute Gasteiger partial charge is 0.479 e. The monoisotopic (exact) mass is 333 g/mol. The smallest absolute Gasteiger partial charge is 0.261 e. The molecule has 2 atom stereocenters. The van der Waals surface area contributed by atoms with Gasteiger partial charge in [-0.1, -0.05) is 37.0 Å². The summed E-state index contributed by atoms with van der Waals surface area (Å²) in [6.07, 6.45) is -0.0127. The summed E-state index contributed by atoms with van der Waals surface area (Å²) in [6.45, 7) is 5.59. The summed E-state index contributed by atoms with van der Waals surface area (Å²) in [7, 11) is 0. The van der Waals surface area contributed by atoms with Crippen molar-refractivity contribution in [3.05, 3.63) is 28.2 Å². The van der Waals surface area contributed by atoms with Gasteiger partial charge < -0.3 is 15.2 Å². The van der Waals surface area contributed by atoms with Crippen LogP contribution in [0.5, 0.6) is 5.75 Å². The first kappa shape index (κ1) is 18.1. The van der Waals surface area contributed by atoms with Gasteiger partial charge in [-0.25, -0.2) is 0 Å². The predicted octanol–water partition coefficient (Wildman–Crippen LogP) is 3.28. The highest BCUT2D eigenvalue weighted by Crippen LogP contribution is 2.28. The van der Waals surface area contributed by atoms with Crippen LogP contribution in [0.3, 0.4) is 0 Å². The van der Waals surface area contributed by atoms with Gasteiger partial charge in [0, 0.05) is 5.02 Å². The standard InChI is InChI=1S/C15H21Cl2NO3/c1-9(2)6-12(8-19)18-15(20)10(3)21-14-5-4-11(16)7-13(14)17/h4-5,7,9-10,12,19H,6,8H2,1-3H3,(H,18,20). The third-order valence-electron chi connectivity index (χ3n) is 2.89. The van der Waals surface area contributed by atoms with Gasteiger partial charge in [-0.15, -0.1) is 0 Å². The van der Waals surface area contributed by atoms with Gasteiger partial charge in [0.05, 0.1) is 17.7 Å². The van der Waals surface area contributed by atoms with Gasteiger partial charge in [0.1, 0.15) is 5.75 Å². The number of carbonyl (C=O) groups is 1. The maximum atomic E-state index is 12.1. The topological polar surface area (TPSA) is 58.6 Å². The van der Waals surface area contributed by atoms with Crippen LogP contribution in [0.1, 0.15) is 27.2 Å². The SMILES string of the molecule is CC(C)CC(CO)NC(=O)C(C)Oc1ccc(Cl)cc1Cl. The molecule has 1 aromatic rings. The number of benzene rings is 1. The minimum absolute atomic E-state index is 0.0989. The fourth-order valence-corrected chi connectivity index (χ4v) is 2.33. The first-order valence-corrected chi connectivity index (χ1v) is 7.62. The molecular formula is C15H21Cl2NO3. The number of nitrogens with one attached hydrogen (secondary N) is 1. The Morgan fingerprint density at radius 2 is 2.00 bits per heavy atom. The Bertz CT molecular complexity index is 480. The molecule has 0 aromatic heterocycles. The molecule has 0 saturated heterocycles. The van der Waals surface area contributed by atoms with Gasteiger partial charge in [0.2, 0.25) is 0 Å². The maximum absolute atomic E-state index is 12.1. The molecule has 0 bridgehead atoms. The molecule has 0 heterocycles. The Labute approximate surface area is 135 Å². The average molecular weight is 334 g/mol. The van der Waals surface area contributed by atoms with Crippen molar-refractivity contribution >= 4 is 29.1 Å². The van der Waals surface area contributed by atoms with Crippen LogP contribution in [0.4, 0.5) is 0 Å². The average Bonchev–Trinajstić information content (AvgIpc) is 2.40. The van der Waals surface area contributed by atoms with Crippen molar-refractivity contribution in [3.8, 4) is 5.75 Å². The van der Waals surface area contributed by atoms with Crippen molar-refractivity contribution in [1.29, 1.82) is 0 Å². The summed E-state index contributed by atoms with van der Waals surface area (Å²) in [5.41, 5.74) is 0. The van der Waals surface area contributed by atoms with Crippen LogP contribution in [-0.2, 0) is 4.79 Å². The molecule has 1 rings (SSSR count). The van der Waals surface area contributed by atoms with E-state index in [0.29, 0.717) is 28.1 Å². The van der Waals surface area contributed by atoms with Crippen LogP contribution in [0.25, 0.3) is 0 Å². The van der Waals surface area contributed by atoms with Gasteiger partial charge in [0.15, 0.2) is 6.10 Å². The van der Waals surface area contributed by atoms with E-state index in [1.165, 1.54) is 0 Å². The van der Waals surface area contributed by atoms with E-state index in [1.54, 1.807) is 25.1 Å². The van der Waals surface area contributed by atoms with E-state index in [-0.39, 0.29) is 18.6 Å². The predicted molar refractivity (Wildman–Crippen MR) is 85.0 cm³/mol. The van der Waals surface area contributed by atoms with E-state index in [1.807, 2.05) is 13.8 Å². The second-order valence-electron chi connectivity index (χ2n) is 5.35. The fraction of sp³-hybridized carbons (Fsp3) is 0.533. The quantitative estimate of drug-likeness (QED) is 0.804. The zero-order chi connectivity index (χ0) is 16.0. The highest BCUT2D eigenvalue weighted by atomic mass is 35.5. The van der Waals surface area contributed by atoms with E-state index in [9.17, 15) is 9.90 Å². The van der Waals surface area contributed by atoms with Crippen molar-refractivity contribution < 1.29 is 14.6 Å². The number of rotatable bonds is 7. The van der Waals surface area contributed by atoms with Crippen LogP contribution in [0.15, 0.2) is 18.2 Å². The molecule has 0 spiro atoms. The zero-order valence-corrected chi connectivity index (χ0v) is 13.9. The number of carbonyl (C=O) groups excluding carboxylic acids is 1. The molecule has 0 aliphatic carbocycles.